The van der Waals surface area contributed by atoms with Crippen LogP contribution in [-0.4, -0.2) is 92.8 Å². The van der Waals surface area contributed by atoms with E-state index in [2.05, 4.69) is 20.0 Å². The summed E-state index contributed by atoms with van der Waals surface area (Å²) < 4.78 is 40.7. The SMILES string of the molecule is CN1CCN(C(=O)c2ccccc2N=CN=C(N)Cn2nc(-c3ccc(Cl)cc3)n(C[C@H](O)C(F)(F)F)c2=O)CC1. The lowest BCUT2D eigenvalue weighted by molar-refractivity contribution is -0.207. The summed E-state index contributed by atoms with van der Waals surface area (Å²) in [7, 11) is 1.99. The molecule has 2 aromatic carbocycles. The van der Waals surface area contributed by atoms with Gasteiger partial charge in [-0.05, 0) is 43.4 Å². The van der Waals surface area contributed by atoms with E-state index in [1.807, 2.05) is 7.05 Å². The number of carbonyl (C=O) groups is 1. The van der Waals surface area contributed by atoms with Gasteiger partial charge in [0.15, 0.2) is 11.9 Å². The highest BCUT2D eigenvalue weighted by Gasteiger charge is 2.39. The molecule has 0 spiro atoms. The van der Waals surface area contributed by atoms with Crippen molar-refractivity contribution in [3.63, 3.8) is 0 Å². The Morgan fingerprint density at radius 2 is 1.80 bits per heavy atom. The third-order valence-electron chi connectivity index (χ3n) is 6.42. The highest BCUT2D eigenvalue weighted by molar-refractivity contribution is 6.30. The molecule has 0 radical (unpaired) electrons. The first-order chi connectivity index (χ1) is 19.4. The number of aliphatic hydroxyl groups is 1. The second kappa shape index (κ2) is 12.7. The average Bonchev–Trinajstić information content (AvgIpc) is 3.23. The Labute approximate surface area is 238 Å². The van der Waals surface area contributed by atoms with Crippen LogP contribution in [0, 0.1) is 0 Å². The van der Waals surface area contributed by atoms with E-state index >= 15 is 0 Å². The highest BCUT2D eigenvalue weighted by Crippen LogP contribution is 2.24. The van der Waals surface area contributed by atoms with E-state index in [1.165, 1.54) is 24.3 Å². The molecule has 1 aliphatic rings. The molecular formula is C26H28ClF3N8O3. The minimum Gasteiger partial charge on any atom is -0.386 e. The lowest BCUT2D eigenvalue weighted by Gasteiger charge is -2.32. The van der Waals surface area contributed by atoms with Crippen LogP contribution in [0.25, 0.3) is 11.4 Å². The zero-order valence-electron chi connectivity index (χ0n) is 22.0. The van der Waals surface area contributed by atoms with Crippen LogP contribution in [0.4, 0.5) is 18.9 Å². The van der Waals surface area contributed by atoms with Crippen molar-refractivity contribution in [3.8, 4) is 11.4 Å². The van der Waals surface area contributed by atoms with Gasteiger partial charge in [-0.25, -0.2) is 19.5 Å². The van der Waals surface area contributed by atoms with Gasteiger partial charge in [0, 0.05) is 36.8 Å². The molecular weight excluding hydrogens is 565 g/mol. The Balaban J connectivity index is 1.55. The Bertz CT molecular complexity index is 1490. The molecule has 3 N–H and O–H groups in total. The fraction of sp³-hybridized carbons (Fsp3) is 0.346. The summed E-state index contributed by atoms with van der Waals surface area (Å²) >= 11 is 5.90. The van der Waals surface area contributed by atoms with E-state index in [4.69, 9.17) is 17.3 Å². The molecule has 4 rings (SSSR count). The Morgan fingerprint density at radius 3 is 2.46 bits per heavy atom. The number of aliphatic imine (C=N–C) groups is 2. The van der Waals surface area contributed by atoms with Gasteiger partial charge >= 0.3 is 11.9 Å². The summed E-state index contributed by atoms with van der Waals surface area (Å²) in [4.78, 5) is 38.2. The van der Waals surface area contributed by atoms with Crippen molar-refractivity contribution in [2.75, 3.05) is 33.2 Å². The van der Waals surface area contributed by atoms with Crippen LogP contribution in [0.15, 0.2) is 63.3 Å². The maximum Gasteiger partial charge on any atom is 0.416 e. The third-order valence-corrected chi connectivity index (χ3v) is 6.67. The summed E-state index contributed by atoms with van der Waals surface area (Å²) in [6.45, 7) is 1.28. The van der Waals surface area contributed by atoms with Gasteiger partial charge < -0.3 is 20.6 Å². The van der Waals surface area contributed by atoms with E-state index in [1.54, 1.807) is 29.2 Å². The van der Waals surface area contributed by atoms with Gasteiger partial charge in [-0.3, -0.25) is 9.36 Å². The Hall–Kier alpha value is -4.01. The predicted octanol–water partition coefficient (Wildman–Crippen LogP) is 2.39. The van der Waals surface area contributed by atoms with E-state index in [9.17, 15) is 27.9 Å². The standard InChI is InChI=1S/C26H28ClF3N8O3/c1-35-10-12-36(13-11-35)24(40)19-4-2-3-5-20(19)32-16-33-22(31)15-38-25(41)37(14-21(39)26(28,29)30)23(34-38)17-6-8-18(27)9-7-17/h2-9,16,21,39H,10-15H2,1H3,(H2,31,32,33)/t21-/m0/s1. The molecule has 1 amide bonds. The second-order valence-corrected chi connectivity index (χ2v) is 9.85. The molecule has 3 aromatic rings. The average molecular weight is 593 g/mol. The Morgan fingerprint density at radius 1 is 1.15 bits per heavy atom. The van der Waals surface area contributed by atoms with Crippen molar-refractivity contribution in [2.24, 2.45) is 15.7 Å². The number of likely N-dealkylation sites (N-methyl/N-ethyl adjacent to an activating group) is 1. The molecule has 11 nitrogen and oxygen atoms in total. The maximum absolute atomic E-state index is 13.1. The first kappa shape index (κ1) is 30.0. The molecule has 1 atom stereocenters. The number of aromatic nitrogens is 3. The molecule has 15 heteroatoms. The number of para-hydroxylation sites is 1. The van der Waals surface area contributed by atoms with Crippen molar-refractivity contribution in [2.45, 2.75) is 25.4 Å². The van der Waals surface area contributed by atoms with Crippen LogP contribution in [0.2, 0.25) is 5.02 Å². The topological polar surface area (TPSA) is 134 Å². The van der Waals surface area contributed by atoms with E-state index in [0.717, 1.165) is 24.1 Å². The van der Waals surface area contributed by atoms with Crippen LogP contribution in [0.3, 0.4) is 0 Å². The van der Waals surface area contributed by atoms with Gasteiger partial charge in [0.05, 0.1) is 17.8 Å². The summed E-state index contributed by atoms with van der Waals surface area (Å²) in [5.41, 5.74) is 6.12. The van der Waals surface area contributed by atoms with Gasteiger partial charge in [0.1, 0.15) is 18.7 Å². The monoisotopic (exact) mass is 592 g/mol. The quantitative estimate of drug-likeness (QED) is 0.305. The fourth-order valence-electron chi connectivity index (χ4n) is 4.10. The predicted molar refractivity (Wildman–Crippen MR) is 149 cm³/mol. The number of hydrogen-bond donors (Lipinski definition) is 2. The van der Waals surface area contributed by atoms with Gasteiger partial charge in [-0.15, -0.1) is 5.10 Å². The van der Waals surface area contributed by atoms with Crippen LogP contribution >= 0.6 is 11.6 Å². The largest absolute Gasteiger partial charge is 0.416 e. The van der Waals surface area contributed by atoms with Gasteiger partial charge in [-0.2, -0.15) is 13.2 Å². The summed E-state index contributed by atoms with van der Waals surface area (Å²) in [6.07, 6.45) is -6.62. The number of piperazine rings is 1. The highest BCUT2D eigenvalue weighted by atomic mass is 35.5. The molecule has 41 heavy (non-hydrogen) atoms. The molecule has 1 aliphatic heterocycles. The number of nitrogens with two attached hydrogens (primary N) is 1. The summed E-state index contributed by atoms with van der Waals surface area (Å²) in [5.74, 6) is -0.397. The number of nitrogens with zero attached hydrogens (tertiary/aromatic N) is 7. The van der Waals surface area contributed by atoms with Gasteiger partial charge in [-0.1, -0.05) is 23.7 Å². The number of benzene rings is 2. The number of amidine groups is 1. The first-order valence-corrected chi connectivity index (χ1v) is 12.9. The normalized spacial score (nSPS) is 16.0. The summed E-state index contributed by atoms with van der Waals surface area (Å²) in [6, 6.07) is 12.7. The van der Waals surface area contributed by atoms with Crippen LogP contribution in [0.1, 0.15) is 10.4 Å². The molecule has 218 valence electrons. The lowest BCUT2D eigenvalue weighted by Crippen LogP contribution is -2.47. The lowest BCUT2D eigenvalue weighted by atomic mass is 10.1. The summed E-state index contributed by atoms with van der Waals surface area (Å²) in [5, 5.41) is 14.1. The zero-order valence-corrected chi connectivity index (χ0v) is 22.8. The molecule has 0 aliphatic carbocycles. The smallest absolute Gasteiger partial charge is 0.386 e. The van der Waals surface area contributed by atoms with E-state index in [-0.39, 0.29) is 24.1 Å². The Kier molecular flexibility index (Phi) is 9.25. The number of alkyl halides is 3. The molecule has 1 fully saturated rings. The van der Waals surface area contributed by atoms with Gasteiger partial charge in [0.25, 0.3) is 5.91 Å². The molecule has 1 saturated heterocycles. The minimum atomic E-state index is -4.95. The van der Waals surface area contributed by atoms with Crippen LogP contribution in [-0.2, 0) is 13.1 Å². The number of halogens is 4. The van der Waals surface area contributed by atoms with E-state index in [0.29, 0.717) is 39.5 Å². The zero-order chi connectivity index (χ0) is 29.7. The van der Waals surface area contributed by atoms with E-state index < -0.39 is 24.5 Å². The van der Waals surface area contributed by atoms with Crippen molar-refractivity contribution >= 4 is 35.4 Å². The van der Waals surface area contributed by atoms with Crippen molar-refractivity contribution in [1.82, 2.24) is 24.1 Å². The molecule has 0 saturated carbocycles. The number of carbonyl (C=O) groups excluding carboxylic acids is 1. The van der Waals surface area contributed by atoms with Gasteiger partial charge in [0.2, 0.25) is 0 Å². The number of rotatable bonds is 8. The molecule has 2 heterocycles. The fourth-order valence-corrected chi connectivity index (χ4v) is 4.23. The van der Waals surface area contributed by atoms with Crippen LogP contribution < -0.4 is 11.4 Å². The minimum absolute atomic E-state index is 0.118. The molecule has 0 unspecified atom stereocenters. The number of hydrogen-bond acceptors (Lipinski definition) is 6. The maximum atomic E-state index is 13.1. The van der Waals surface area contributed by atoms with Crippen LogP contribution in [0.5, 0.6) is 0 Å². The third kappa shape index (κ3) is 7.39. The second-order valence-electron chi connectivity index (χ2n) is 9.42. The first-order valence-electron chi connectivity index (χ1n) is 12.5. The number of aliphatic hydroxyl groups excluding tert-OH is 1. The molecule has 0 bridgehead atoms. The number of amides is 1. The molecule has 1 aromatic heterocycles. The van der Waals surface area contributed by atoms with Crippen molar-refractivity contribution < 1.29 is 23.1 Å². The van der Waals surface area contributed by atoms with Crippen molar-refractivity contribution in [3.05, 3.63) is 69.6 Å². The van der Waals surface area contributed by atoms with Crippen molar-refractivity contribution in [1.29, 1.82) is 0 Å².